The van der Waals surface area contributed by atoms with Crippen LogP contribution in [0.5, 0.6) is 0 Å². The van der Waals surface area contributed by atoms with E-state index >= 15 is 0 Å². The van der Waals surface area contributed by atoms with Gasteiger partial charge in [0.1, 0.15) is 0 Å². The van der Waals surface area contributed by atoms with Crippen molar-refractivity contribution in [1.29, 1.82) is 0 Å². The zero-order valence-electron chi connectivity index (χ0n) is 13.2. The SMILES string of the molecule is COCCNCc1ccc(Br)cc1N1CCN(C)CC1C. The maximum atomic E-state index is 5.09. The largest absolute Gasteiger partial charge is 0.383 e. The Morgan fingerprint density at radius 2 is 2.19 bits per heavy atom. The number of ether oxygens (including phenoxy) is 1. The number of methoxy groups -OCH3 is 1. The maximum absolute atomic E-state index is 5.09. The number of anilines is 1. The predicted octanol–water partition coefficient (Wildman–Crippen LogP) is 2.33. The molecular formula is C16H26BrN3O. The van der Waals surface area contributed by atoms with Crippen LogP contribution in [0, 0.1) is 0 Å². The molecule has 118 valence electrons. The lowest BCUT2D eigenvalue weighted by atomic mass is 10.1. The molecule has 0 saturated carbocycles. The molecule has 21 heavy (non-hydrogen) atoms. The third-order valence-electron chi connectivity index (χ3n) is 3.99. The fourth-order valence-corrected chi connectivity index (χ4v) is 3.20. The number of nitrogens with one attached hydrogen (secondary N) is 1. The Kier molecular flexibility index (Phi) is 6.48. The van der Waals surface area contributed by atoms with Gasteiger partial charge in [0.25, 0.3) is 0 Å². The maximum Gasteiger partial charge on any atom is 0.0587 e. The smallest absolute Gasteiger partial charge is 0.0587 e. The number of benzene rings is 1. The second kappa shape index (κ2) is 8.13. The zero-order valence-corrected chi connectivity index (χ0v) is 14.8. The van der Waals surface area contributed by atoms with E-state index in [-0.39, 0.29) is 0 Å². The van der Waals surface area contributed by atoms with Gasteiger partial charge in [-0.15, -0.1) is 0 Å². The van der Waals surface area contributed by atoms with Gasteiger partial charge in [-0.05, 0) is 31.7 Å². The summed E-state index contributed by atoms with van der Waals surface area (Å²) in [5.74, 6) is 0. The third kappa shape index (κ3) is 4.68. The lowest BCUT2D eigenvalue weighted by Gasteiger charge is -2.40. The summed E-state index contributed by atoms with van der Waals surface area (Å²) in [5.41, 5.74) is 2.69. The van der Waals surface area contributed by atoms with Crippen LogP contribution in [0.15, 0.2) is 22.7 Å². The molecule has 5 heteroatoms. The number of halogens is 1. The highest BCUT2D eigenvalue weighted by Gasteiger charge is 2.23. The highest BCUT2D eigenvalue weighted by molar-refractivity contribution is 9.10. The van der Waals surface area contributed by atoms with Gasteiger partial charge in [0.15, 0.2) is 0 Å². The van der Waals surface area contributed by atoms with Crippen molar-refractivity contribution in [1.82, 2.24) is 10.2 Å². The van der Waals surface area contributed by atoms with E-state index in [9.17, 15) is 0 Å². The van der Waals surface area contributed by atoms with Gasteiger partial charge in [0.2, 0.25) is 0 Å². The van der Waals surface area contributed by atoms with Crippen LogP contribution >= 0.6 is 15.9 Å². The summed E-state index contributed by atoms with van der Waals surface area (Å²) < 4.78 is 6.23. The molecule has 2 rings (SSSR count). The summed E-state index contributed by atoms with van der Waals surface area (Å²) in [4.78, 5) is 4.92. The summed E-state index contributed by atoms with van der Waals surface area (Å²) >= 11 is 3.61. The first-order chi connectivity index (χ1) is 10.1. The molecule has 0 bridgehead atoms. The Bertz CT molecular complexity index is 455. The molecule has 1 unspecified atom stereocenters. The van der Waals surface area contributed by atoms with Crippen molar-refractivity contribution < 1.29 is 4.74 Å². The number of rotatable bonds is 6. The van der Waals surface area contributed by atoms with E-state index in [0.29, 0.717) is 6.04 Å². The molecule has 0 aromatic heterocycles. The molecule has 0 amide bonds. The predicted molar refractivity (Wildman–Crippen MR) is 92.0 cm³/mol. The van der Waals surface area contributed by atoms with Gasteiger partial charge in [-0.1, -0.05) is 22.0 Å². The van der Waals surface area contributed by atoms with E-state index in [2.05, 4.69) is 63.2 Å². The van der Waals surface area contributed by atoms with E-state index in [1.54, 1.807) is 7.11 Å². The lowest BCUT2D eigenvalue weighted by molar-refractivity contribution is 0.199. The van der Waals surface area contributed by atoms with Crippen molar-refractivity contribution in [3.05, 3.63) is 28.2 Å². The fourth-order valence-electron chi connectivity index (χ4n) is 2.85. The average molecular weight is 356 g/mol. The molecule has 1 fully saturated rings. The molecule has 1 atom stereocenters. The molecule has 0 spiro atoms. The van der Waals surface area contributed by atoms with Crippen LogP contribution in [0.3, 0.4) is 0 Å². The van der Waals surface area contributed by atoms with Gasteiger partial charge < -0.3 is 19.9 Å². The van der Waals surface area contributed by atoms with Gasteiger partial charge >= 0.3 is 0 Å². The normalized spacial score (nSPS) is 20.0. The molecule has 1 heterocycles. The summed E-state index contributed by atoms with van der Waals surface area (Å²) in [5, 5.41) is 3.45. The quantitative estimate of drug-likeness (QED) is 0.792. The minimum Gasteiger partial charge on any atom is -0.383 e. The topological polar surface area (TPSA) is 27.7 Å². The van der Waals surface area contributed by atoms with Crippen LogP contribution in [0.25, 0.3) is 0 Å². The highest BCUT2D eigenvalue weighted by atomic mass is 79.9. The Morgan fingerprint density at radius 1 is 1.38 bits per heavy atom. The van der Waals surface area contributed by atoms with Crippen molar-refractivity contribution in [3.63, 3.8) is 0 Å². The molecular weight excluding hydrogens is 330 g/mol. The molecule has 1 aliphatic heterocycles. The van der Waals surface area contributed by atoms with Gasteiger partial charge in [-0.2, -0.15) is 0 Å². The van der Waals surface area contributed by atoms with Crippen LogP contribution in [0.1, 0.15) is 12.5 Å². The van der Waals surface area contributed by atoms with Crippen molar-refractivity contribution in [2.24, 2.45) is 0 Å². The highest BCUT2D eigenvalue weighted by Crippen LogP contribution is 2.28. The molecule has 1 aromatic carbocycles. The third-order valence-corrected chi connectivity index (χ3v) is 4.48. The van der Waals surface area contributed by atoms with Gasteiger partial charge in [-0.3, -0.25) is 0 Å². The zero-order chi connectivity index (χ0) is 15.2. The summed E-state index contributed by atoms with van der Waals surface area (Å²) in [7, 11) is 3.93. The van der Waals surface area contributed by atoms with Crippen LogP contribution in [-0.4, -0.2) is 57.9 Å². The van der Waals surface area contributed by atoms with Gasteiger partial charge in [-0.25, -0.2) is 0 Å². The van der Waals surface area contributed by atoms with Gasteiger partial charge in [0, 0.05) is 56.0 Å². The number of hydrogen-bond acceptors (Lipinski definition) is 4. The summed E-state index contributed by atoms with van der Waals surface area (Å²) in [6, 6.07) is 7.12. The van der Waals surface area contributed by atoms with Crippen LogP contribution < -0.4 is 10.2 Å². The van der Waals surface area contributed by atoms with Crippen molar-refractivity contribution in [3.8, 4) is 0 Å². The van der Waals surface area contributed by atoms with Crippen molar-refractivity contribution in [2.75, 3.05) is 51.8 Å². The van der Waals surface area contributed by atoms with E-state index in [0.717, 1.165) is 43.8 Å². The second-order valence-electron chi connectivity index (χ2n) is 5.75. The Balaban J connectivity index is 2.11. The van der Waals surface area contributed by atoms with Crippen LogP contribution in [0.2, 0.25) is 0 Å². The molecule has 0 aliphatic carbocycles. The Labute approximate surface area is 136 Å². The molecule has 1 N–H and O–H groups in total. The van der Waals surface area contributed by atoms with Crippen molar-refractivity contribution in [2.45, 2.75) is 19.5 Å². The number of piperazine rings is 1. The average Bonchev–Trinajstić information content (AvgIpc) is 2.45. The summed E-state index contributed by atoms with van der Waals surface area (Å²) in [6.07, 6.45) is 0. The number of nitrogens with zero attached hydrogens (tertiary/aromatic N) is 2. The van der Waals surface area contributed by atoms with Crippen molar-refractivity contribution >= 4 is 21.6 Å². The van der Waals surface area contributed by atoms with Crippen LogP contribution in [0.4, 0.5) is 5.69 Å². The van der Waals surface area contributed by atoms with E-state index < -0.39 is 0 Å². The van der Waals surface area contributed by atoms with E-state index in [1.165, 1.54) is 11.3 Å². The Hall–Kier alpha value is -0.620. The first kappa shape index (κ1) is 16.7. The standard InChI is InChI=1S/C16H26BrN3O/c1-13-12-19(2)7-8-20(13)16-10-15(17)5-4-14(16)11-18-6-9-21-3/h4-5,10,13,18H,6-9,11-12H2,1-3H3. The van der Waals surface area contributed by atoms with E-state index in [4.69, 9.17) is 4.74 Å². The van der Waals surface area contributed by atoms with E-state index in [1.807, 2.05) is 0 Å². The minimum absolute atomic E-state index is 0.538. The first-order valence-corrected chi connectivity index (χ1v) is 8.34. The lowest BCUT2D eigenvalue weighted by Crippen LogP contribution is -2.50. The fraction of sp³-hybridized carbons (Fsp3) is 0.625. The minimum atomic E-state index is 0.538. The number of hydrogen-bond donors (Lipinski definition) is 1. The van der Waals surface area contributed by atoms with Gasteiger partial charge in [0.05, 0.1) is 6.61 Å². The van der Waals surface area contributed by atoms with Crippen LogP contribution in [-0.2, 0) is 11.3 Å². The first-order valence-electron chi connectivity index (χ1n) is 7.55. The molecule has 4 nitrogen and oxygen atoms in total. The molecule has 1 aromatic rings. The molecule has 1 saturated heterocycles. The summed E-state index contributed by atoms with van der Waals surface area (Å²) in [6.45, 7) is 8.13. The Morgan fingerprint density at radius 3 is 2.90 bits per heavy atom. The number of likely N-dealkylation sites (N-methyl/N-ethyl adjacent to an activating group) is 1. The monoisotopic (exact) mass is 355 g/mol. The second-order valence-corrected chi connectivity index (χ2v) is 6.66. The molecule has 0 radical (unpaired) electrons. The molecule has 1 aliphatic rings.